The quantitative estimate of drug-likeness (QED) is 0.696. The van der Waals surface area contributed by atoms with E-state index < -0.39 is 0 Å². The first-order valence-corrected chi connectivity index (χ1v) is 6.59. The molecule has 0 saturated heterocycles. The Bertz CT molecular complexity index is 515. The van der Waals surface area contributed by atoms with E-state index in [0.29, 0.717) is 24.5 Å². The number of nitrogens with zero attached hydrogens (tertiary/aromatic N) is 5. The molecule has 0 aliphatic carbocycles. The number of aryl methyl sites for hydroxylation is 1. The van der Waals surface area contributed by atoms with Gasteiger partial charge in [0.2, 0.25) is 11.9 Å². The van der Waals surface area contributed by atoms with Crippen LogP contribution >= 0.6 is 0 Å². The van der Waals surface area contributed by atoms with Gasteiger partial charge in [-0.25, -0.2) is 0 Å². The average molecular weight is 277 g/mol. The highest BCUT2D eigenvalue weighted by Gasteiger charge is 2.05. The zero-order chi connectivity index (χ0) is 14.2. The minimum absolute atomic E-state index is 0.321. The Balaban J connectivity index is 1.86. The van der Waals surface area contributed by atoms with Gasteiger partial charge in [0.25, 0.3) is 0 Å². The summed E-state index contributed by atoms with van der Waals surface area (Å²) in [7, 11) is 1.76. The van der Waals surface area contributed by atoms with Gasteiger partial charge in [0.15, 0.2) is 0 Å². The molecule has 0 aromatic carbocycles. The van der Waals surface area contributed by atoms with Crippen molar-refractivity contribution >= 4 is 11.9 Å². The molecule has 2 aromatic rings. The van der Waals surface area contributed by atoms with E-state index in [1.54, 1.807) is 13.2 Å². The Morgan fingerprint density at radius 3 is 2.80 bits per heavy atom. The predicted octanol–water partition coefficient (Wildman–Crippen LogP) is 1.01. The first kappa shape index (κ1) is 14.0. The van der Waals surface area contributed by atoms with Gasteiger partial charge < -0.3 is 15.4 Å². The standard InChI is InChI=1S/C12H19N7O/c1-3-20-12-17-10(13-2)16-11(18-12)14-6-4-8-19-9-5-7-15-19/h5,7,9H,3-4,6,8H2,1-2H3,(H2,13,14,16,17,18). The minimum atomic E-state index is 0.321. The maximum absolute atomic E-state index is 5.30. The summed E-state index contributed by atoms with van der Waals surface area (Å²) in [5, 5.41) is 10.2. The molecule has 0 spiro atoms. The highest BCUT2D eigenvalue weighted by atomic mass is 16.5. The monoisotopic (exact) mass is 277 g/mol. The molecule has 0 saturated carbocycles. The maximum atomic E-state index is 5.30. The number of ether oxygens (including phenoxy) is 1. The molecule has 2 rings (SSSR count). The molecule has 0 unspecified atom stereocenters. The van der Waals surface area contributed by atoms with Crippen molar-refractivity contribution in [3.05, 3.63) is 18.5 Å². The third-order valence-electron chi connectivity index (χ3n) is 2.52. The van der Waals surface area contributed by atoms with Crippen LogP contribution in [0.3, 0.4) is 0 Å². The van der Waals surface area contributed by atoms with Crippen LogP contribution < -0.4 is 15.4 Å². The molecule has 0 aliphatic heterocycles. The van der Waals surface area contributed by atoms with E-state index in [1.807, 2.05) is 23.9 Å². The van der Waals surface area contributed by atoms with Crippen molar-refractivity contribution in [1.82, 2.24) is 24.7 Å². The first-order valence-electron chi connectivity index (χ1n) is 6.59. The summed E-state index contributed by atoms with van der Waals surface area (Å²) in [5.74, 6) is 0.992. The molecular formula is C12H19N7O. The largest absolute Gasteiger partial charge is 0.464 e. The van der Waals surface area contributed by atoms with Gasteiger partial charge in [0.05, 0.1) is 6.61 Å². The molecule has 108 valence electrons. The molecule has 0 aliphatic rings. The van der Waals surface area contributed by atoms with Gasteiger partial charge in [-0.1, -0.05) is 0 Å². The SMILES string of the molecule is CCOc1nc(NC)nc(NCCCn2cccn2)n1. The van der Waals surface area contributed by atoms with Crippen molar-refractivity contribution in [2.75, 3.05) is 30.8 Å². The van der Waals surface area contributed by atoms with Crippen LogP contribution in [0.25, 0.3) is 0 Å². The second kappa shape index (κ2) is 7.27. The van der Waals surface area contributed by atoms with Crippen molar-refractivity contribution < 1.29 is 4.74 Å². The van der Waals surface area contributed by atoms with Gasteiger partial charge in [-0.05, 0) is 19.4 Å². The van der Waals surface area contributed by atoms with Crippen LogP contribution in [0.15, 0.2) is 18.5 Å². The average Bonchev–Trinajstić information content (AvgIpc) is 2.97. The van der Waals surface area contributed by atoms with E-state index in [4.69, 9.17) is 4.74 Å². The topological polar surface area (TPSA) is 89.8 Å². The molecule has 8 nitrogen and oxygen atoms in total. The van der Waals surface area contributed by atoms with Crippen LogP contribution in [0.2, 0.25) is 0 Å². The lowest BCUT2D eigenvalue weighted by molar-refractivity contribution is 0.312. The molecule has 2 N–H and O–H groups in total. The second-order valence-corrected chi connectivity index (χ2v) is 4.00. The summed E-state index contributed by atoms with van der Waals surface area (Å²) in [5.41, 5.74) is 0. The van der Waals surface area contributed by atoms with Crippen LogP contribution in [-0.4, -0.2) is 44.9 Å². The van der Waals surface area contributed by atoms with Gasteiger partial charge in [0, 0.05) is 32.5 Å². The number of hydrogen-bond acceptors (Lipinski definition) is 7. The zero-order valence-corrected chi connectivity index (χ0v) is 11.7. The van der Waals surface area contributed by atoms with Crippen molar-refractivity contribution in [1.29, 1.82) is 0 Å². The van der Waals surface area contributed by atoms with E-state index in [2.05, 4.69) is 30.7 Å². The zero-order valence-electron chi connectivity index (χ0n) is 11.7. The summed E-state index contributed by atoms with van der Waals surface area (Å²) >= 11 is 0. The summed E-state index contributed by atoms with van der Waals surface area (Å²) in [6, 6.07) is 2.23. The second-order valence-electron chi connectivity index (χ2n) is 4.00. The molecule has 8 heteroatoms. The highest BCUT2D eigenvalue weighted by molar-refractivity contribution is 5.35. The molecule has 20 heavy (non-hydrogen) atoms. The number of hydrogen-bond donors (Lipinski definition) is 2. The van der Waals surface area contributed by atoms with Crippen LogP contribution in [0, 0.1) is 0 Å². The third kappa shape index (κ3) is 4.08. The molecule has 0 radical (unpaired) electrons. The number of anilines is 2. The lowest BCUT2D eigenvalue weighted by Crippen LogP contribution is -2.12. The van der Waals surface area contributed by atoms with E-state index in [9.17, 15) is 0 Å². The highest BCUT2D eigenvalue weighted by Crippen LogP contribution is 2.10. The predicted molar refractivity (Wildman–Crippen MR) is 75.9 cm³/mol. The van der Waals surface area contributed by atoms with Gasteiger partial charge in [0.1, 0.15) is 0 Å². The molecule has 0 fully saturated rings. The fraction of sp³-hybridized carbons (Fsp3) is 0.500. The number of rotatable bonds is 8. The summed E-state index contributed by atoms with van der Waals surface area (Å²) in [6.07, 6.45) is 4.63. The Labute approximate surface area is 117 Å². The van der Waals surface area contributed by atoms with Crippen LogP contribution in [-0.2, 0) is 6.54 Å². The maximum Gasteiger partial charge on any atom is 0.323 e. The molecule has 0 atom stereocenters. The fourth-order valence-corrected chi connectivity index (χ4v) is 1.61. The molecular weight excluding hydrogens is 258 g/mol. The van der Waals surface area contributed by atoms with Gasteiger partial charge in [-0.15, -0.1) is 0 Å². The number of nitrogens with one attached hydrogen (secondary N) is 2. The lowest BCUT2D eigenvalue weighted by Gasteiger charge is -2.08. The third-order valence-corrected chi connectivity index (χ3v) is 2.52. The summed E-state index contributed by atoms with van der Waals surface area (Å²) in [4.78, 5) is 12.5. The van der Waals surface area contributed by atoms with Crippen LogP contribution in [0.1, 0.15) is 13.3 Å². The Kier molecular flexibility index (Phi) is 5.10. The Morgan fingerprint density at radius 2 is 2.10 bits per heavy atom. The van der Waals surface area contributed by atoms with E-state index in [1.165, 1.54) is 0 Å². The minimum Gasteiger partial charge on any atom is -0.464 e. The van der Waals surface area contributed by atoms with Crippen molar-refractivity contribution in [2.24, 2.45) is 0 Å². The van der Waals surface area contributed by atoms with Gasteiger partial charge in [-0.3, -0.25) is 4.68 Å². The van der Waals surface area contributed by atoms with E-state index in [-0.39, 0.29) is 0 Å². The van der Waals surface area contributed by atoms with Crippen LogP contribution in [0.5, 0.6) is 6.01 Å². The van der Waals surface area contributed by atoms with Crippen molar-refractivity contribution in [2.45, 2.75) is 19.9 Å². The van der Waals surface area contributed by atoms with Crippen LogP contribution in [0.4, 0.5) is 11.9 Å². The molecule has 2 heterocycles. The smallest absolute Gasteiger partial charge is 0.323 e. The molecule has 2 aromatic heterocycles. The normalized spacial score (nSPS) is 10.3. The van der Waals surface area contributed by atoms with Crippen molar-refractivity contribution in [3.63, 3.8) is 0 Å². The Morgan fingerprint density at radius 1 is 1.25 bits per heavy atom. The van der Waals surface area contributed by atoms with E-state index in [0.717, 1.165) is 19.5 Å². The Hall–Kier alpha value is -2.38. The van der Waals surface area contributed by atoms with Gasteiger partial charge in [-0.2, -0.15) is 20.1 Å². The number of aromatic nitrogens is 5. The van der Waals surface area contributed by atoms with Crippen molar-refractivity contribution in [3.8, 4) is 6.01 Å². The molecule has 0 bridgehead atoms. The van der Waals surface area contributed by atoms with Gasteiger partial charge >= 0.3 is 6.01 Å². The summed E-state index contributed by atoms with van der Waals surface area (Å²) < 4.78 is 7.19. The lowest BCUT2D eigenvalue weighted by atomic mass is 10.4. The molecule has 0 amide bonds. The first-order chi connectivity index (χ1) is 9.81. The van der Waals surface area contributed by atoms with E-state index >= 15 is 0 Å². The summed E-state index contributed by atoms with van der Waals surface area (Å²) in [6.45, 7) is 4.01. The fourth-order valence-electron chi connectivity index (χ4n) is 1.61.